The third-order valence-electron chi connectivity index (χ3n) is 3.96. The van der Waals surface area contributed by atoms with Gasteiger partial charge in [0.1, 0.15) is 11.6 Å². The Bertz CT molecular complexity index is 654. The van der Waals surface area contributed by atoms with Crippen molar-refractivity contribution in [1.82, 2.24) is 9.97 Å². The summed E-state index contributed by atoms with van der Waals surface area (Å²) in [7, 11) is 1.88. The van der Waals surface area contributed by atoms with E-state index in [0.717, 1.165) is 20.6 Å². The first-order valence-corrected chi connectivity index (χ1v) is 8.31. The topological polar surface area (TPSA) is 58.0 Å². The minimum Gasteiger partial charge on any atom is -0.508 e. The van der Waals surface area contributed by atoms with Crippen molar-refractivity contribution in [3.05, 3.63) is 33.5 Å². The van der Waals surface area contributed by atoms with Crippen LogP contribution in [0.1, 0.15) is 37.3 Å². The molecule has 5 heteroatoms. The molecule has 0 unspecified atom stereocenters. The summed E-state index contributed by atoms with van der Waals surface area (Å²) < 4.78 is 1.12. The van der Waals surface area contributed by atoms with Crippen molar-refractivity contribution < 1.29 is 5.11 Å². The molecule has 0 spiro atoms. The van der Waals surface area contributed by atoms with Crippen molar-refractivity contribution in [2.75, 3.05) is 12.4 Å². The molecule has 110 valence electrons. The van der Waals surface area contributed by atoms with Crippen molar-refractivity contribution in [2.24, 2.45) is 0 Å². The number of hydrogen-bond donors (Lipinski definition) is 2. The zero-order chi connectivity index (χ0) is 14.8. The van der Waals surface area contributed by atoms with Gasteiger partial charge in [-0.05, 0) is 47.6 Å². The molecule has 1 aromatic carbocycles. The van der Waals surface area contributed by atoms with Crippen LogP contribution in [0.15, 0.2) is 24.3 Å². The smallest absolute Gasteiger partial charge is 0.161 e. The summed E-state index contributed by atoms with van der Waals surface area (Å²) in [5.41, 5.74) is 1.99. The Hall–Kier alpha value is -1.37. The third-order valence-corrected chi connectivity index (χ3v) is 5.02. The molecule has 2 N–H and O–H groups in total. The molecule has 1 aromatic heterocycles. The van der Waals surface area contributed by atoms with Gasteiger partial charge in [-0.25, -0.2) is 9.97 Å². The van der Waals surface area contributed by atoms with Gasteiger partial charge in [0.05, 0.1) is 9.26 Å². The van der Waals surface area contributed by atoms with Crippen molar-refractivity contribution in [2.45, 2.75) is 31.6 Å². The Kier molecular flexibility index (Phi) is 4.28. The summed E-state index contributed by atoms with van der Waals surface area (Å²) in [6.45, 7) is 0. The van der Waals surface area contributed by atoms with Gasteiger partial charge in [0.2, 0.25) is 0 Å². The number of phenols is 1. The average Bonchev–Trinajstić information content (AvgIpc) is 3.01. The summed E-state index contributed by atoms with van der Waals surface area (Å²) in [5, 5.41) is 12.8. The Morgan fingerprint density at radius 1 is 1.24 bits per heavy atom. The highest BCUT2D eigenvalue weighted by atomic mass is 127. The molecule has 3 rings (SSSR count). The van der Waals surface area contributed by atoms with Gasteiger partial charge in [0.25, 0.3) is 0 Å². The molecule has 2 aromatic rings. The van der Waals surface area contributed by atoms with Crippen LogP contribution < -0.4 is 5.32 Å². The van der Waals surface area contributed by atoms with Crippen molar-refractivity contribution in [3.8, 4) is 17.1 Å². The summed E-state index contributed by atoms with van der Waals surface area (Å²) in [5.74, 6) is 2.31. The van der Waals surface area contributed by atoms with E-state index in [1.807, 2.05) is 19.2 Å². The minimum absolute atomic E-state index is 0.239. The molecule has 1 aliphatic carbocycles. The van der Waals surface area contributed by atoms with Crippen LogP contribution in [0.25, 0.3) is 11.4 Å². The second-order valence-corrected chi connectivity index (χ2v) is 6.46. The van der Waals surface area contributed by atoms with E-state index in [1.54, 1.807) is 12.1 Å². The van der Waals surface area contributed by atoms with Gasteiger partial charge in [-0.2, -0.15) is 0 Å². The van der Waals surface area contributed by atoms with Crippen LogP contribution >= 0.6 is 22.6 Å². The summed E-state index contributed by atoms with van der Waals surface area (Å²) in [6.07, 6.45) is 4.97. The first-order chi connectivity index (χ1) is 10.2. The van der Waals surface area contributed by atoms with Gasteiger partial charge >= 0.3 is 0 Å². The number of halogens is 1. The van der Waals surface area contributed by atoms with E-state index < -0.39 is 0 Å². The molecule has 1 saturated carbocycles. The quantitative estimate of drug-likeness (QED) is 0.767. The normalized spacial score (nSPS) is 15.3. The van der Waals surface area contributed by atoms with Gasteiger partial charge in [-0.1, -0.05) is 25.0 Å². The van der Waals surface area contributed by atoms with Crippen molar-refractivity contribution >= 4 is 28.4 Å². The predicted molar refractivity (Wildman–Crippen MR) is 92.6 cm³/mol. The lowest BCUT2D eigenvalue weighted by molar-refractivity contribution is 0.475. The van der Waals surface area contributed by atoms with E-state index >= 15 is 0 Å². The Balaban J connectivity index is 2.10. The fraction of sp³-hybridized carbons (Fsp3) is 0.375. The fourth-order valence-corrected chi connectivity index (χ4v) is 3.83. The molecule has 0 aliphatic heterocycles. The summed E-state index contributed by atoms with van der Waals surface area (Å²) in [4.78, 5) is 9.40. The van der Waals surface area contributed by atoms with Crippen LogP contribution in [-0.4, -0.2) is 22.1 Å². The van der Waals surface area contributed by atoms with E-state index in [9.17, 15) is 5.11 Å². The standard InChI is InChI=1S/C16H18IN3O/c1-18-16-13(17)14(10-5-2-3-6-10)19-15(20-16)11-7-4-8-12(21)9-11/h4,7-10,21H,2-3,5-6H2,1H3,(H,18,19,20). The molecule has 0 bridgehead atoms. The number of benzene rings is 1. The number of nitrogens with one attached hydrogen (secondary N) is 1. The second-order valence-electron chi connectivity index (χ2n) is 5.38. The molecule has 0 amide bonds. The third kappa shape index (κ3) is 2.97. The van der Waals surface area contributed by atoms with Crippen LogP contribution in [0.5, 0.6) is 5.75 Å². The molecular formula is C16H18IN3O. The van der Waals surface area contributed by atoms with E-state index in [-0.39, 0.29) is 5.75 Å². The van der Waals surface area contributed by atoms with E-state index in [2.05, 4.69) is 32.9 Å². The second kappa shape index (κ2) is 6.17. The molecular weight excluding hydrogens is 377 g/mol. The Morgan fingerprint density at radius 2 is 2.00 bits per heavy atom. The van der Waals surface area contributed by atoms with Crippen LogP contribution in [0.4, 0.5) is 5.82 Å². The van der Waals surface area contributed by atoms with Crippen LogP contribution in [-0.2, 0) is 0 Å². The minimum atomic E-state index is 0.239. The monoisotopic (exact) mass is 395 g/mol. The number of phenolic OH excluding ortho intramolecular Hbond substituents is 1. The highest BCUT2D eigenvalue weighted by Crippen LogP contribution is 2.38. The number of anilines is 1. The zero-order valence-electron chi connectivity index (χ0n) is 11.9. The SMILES string of the molecule is CNc1nc(-c2cccc(O)c2)nc(C2CCCC2)c1I. The number of aromatic hydroxyl groups is 1. The summed E-state index contributed by atoms with van der Waals surface area (Å²) >= 11 is 2.34. The molecule has 4 nitrogen and oxygen atoms in total. The maximum Gasteiger partial charge on any atom is 0.161 e. The molecule has 21 heavy (non-hydrogen) atoms. The Morgan fingerprint density at radius 3 is 2.67 bits per heavy atom. The van der Waals surface area contributed by atoms with Crippen molar-refractivity contribution in [1.29, 1.82) is 0 Å². The zero-order valence-corrected chi connectivity index (χ0v) is 14.1. The number of nitrogens with zero attached hydrogens (tertiary/aromatic N) is 2. The largest absolute Gasteiger partial charge is 0.508 e. The molecule has 1 aliphatic rings. The fourth-order valence-electron chi connectivity index (χ4n) is 2.87. The lowest BCUT2D eigenvalue weighted by Gasteiger charge is -2.15. The molecule has 0 saturated heterocycles. The van der Waals surface area contributed by atoms with Gasteiger partial charge in [0, 0.05) is 18.5 Å². The van der Waals surface area contributed by atoms with E-state index in [0.29, 0.717) is 11.7 Å². The Labute approximate surface area is 138 Å². The lowest BCUT2D eigenvalue weighted by atomic mass is 10.0. The summed E-state index contributed by atoms with van der Waals surface area (Å²) in [6, 6.07) is 7.12. The number of rotatable bonds is 3. The van der Waals surface area contributed by atoms with Crippen LogP contribution in [0.2, 0.25) is 0 Å². The first kappa shape index (κ1) is 14.6. The van der Waals surface area contributed by atoms with Gasteiger partial charge < -0.3 is 10.4 Å². The van der Waals surface area contributed by atoms with Crippen LogP contribution in [0.3, 0.4) is 0 Å². The molecule has 0 radical (unpaired) electrons. The highest BCUT2D eigenvalue weighted by Gasteiger charge is 2.24. The highest BCUT2D eigenvalue weighted by molar-refractivity contribution is 14.1. The van der Waals surface area contributed by atoms with E-state index in [4.69, 9.17) is 4.98 Å². The van der Waals surface area contributed by atoms with Gasteiger partial charge in [-0.15, -0.1) is 0 Å². The van der Waals surface area contributed by atoms with E-state index in [1.165, 1.54) is 25.7 Å². The maximum absolute atomic E-state index is 9.66. The lowest BCUT2D eigenvalue weighted by Crippen LogP contribution is -2.08. The van der Waals surface area contributed by atoms with Gasteiger partial charge in [-0.3, -0.25) is 0 Å². The predicted octanol–water partition coefficient (Wildman–Crippen LogP) is 4.15. The van der Waals surface area contributed by atoms with Crippen LogP contribution in [0, 0.1) is 3.57 Å². The van der Waals surface area contributed by atoms with Gasteiger partial charge in [0.15, 0.2) is 5.82 Å². The average molecular weight is 395 g/mol. The molecule has 1 fully saturated rings. The first-order valence-electron chi connectivity index (χ1n) is 7.23. The number of aromatic nitrogens is 2. The molecule has 0 atom stereocenters. The molecule has 1 heterocycles. The maximum atomic E-state index is 9.66. The number of hydrogen-bond acceptors (Lipinski definition) is 4. The van der Waals surface area contributed by atoms with Crippen molar-refractivity contribution in [3.63, 3.8) is 0 Å².